The van der Waals surface area contributed by atoms with Gasteiger partial charge in [0.1, 0.15) is 22.8 Å². The van der Waals surface area contributed by atoms with Crippen LogP contribution in [0.2, 0.25) is 0 Å². The quantitative estimate of drug-likeness (QED) is 0.111. The van der Waals surface area contributed by atoms with Crippen LogP contribution < -0.4 is 22.5 Å². The number of hydrogen-bond acceptors (Lipinski definition) is 12. The van der Waals surface area contributed by atoms with Crippen molar-refractivity contribution in [3.05, 3.63) is 33.2 Å². The van der Waals surface area contributed by atoms with Gasteiger partial charge < -0.3 is 32.8 Å². The maximum atomic E-state index is 12.7. The molecule has 1 aromatic rings. The third kappa shape index (κ3) is 4.91. The molecule has 2 aliphatic heterocycles. The molecule has 0 aromatic carbocycles. The zero-order chi connectivity index (χ0) is 23.4. The summed E-state index contributed by atoms with van der Waals surface area (Å²) in [5.74, 6) is -2.32. The lowest BCUT2D eigenvalue weighted by atomic mass is 10.0. The molecule has 0 radical (unpaired) electrons. The first-order valence-corrected chi connectivity index (χ1v) is 12.0. The molecule has 9 N–H and O–H groups in total. The maximum Gasteiger partial charge on any atom is 0.353 e. The highest BCUT2D eigenvalue weighted by atomic mass is 32.2. The van der Waals surface area contributed by atoms with Crippen molar-refractivity contribution in [2.45, 2.75) is 23.9 Å². The van der Waals surface area contributed by atoms with Crippen LogP contribution in [0, 0.1) is 0 Å². The van der Waals surface area contributed by atoms with Gasteiger partial charge in [0.2, 0.25) is 0 Å². The average molecular weight is 500 g/mol. The molecule has 0 saturated carbocycles. The van der Waals surface area contributed by atoms with Gasteiger partial charge in [0.05, 0.1) is 0 Å². The Morgan fingerprint density at radius 2 is 2.25 bits per heavy atom. The fourth-order valence-electron chi connectivity index (χ4n) is 3.01. The van der Waals surface area contributed by atoms with Crippen molar-refractivity contribution < 1.29 is 24.7 Å². The smallest absolute Gasteiger partial charge is 0.353 e. The van der Waals surface area contributed by atoms with E-state index in [-0.39, 0.29) is 22.6 Å². The summed E-state index contributed by atoms with van der Waals surface area (Å²) in [4.78, 5) is 42.6. The Balaban J connectivity index is 1.72. The van der Waals surface area contributed by atoms with Crippen molar-refractivity contribution in [2.75, 3.05) is 18.0 Å². The number of hydrogen-bond donors (Lipinski definition) is 6. The molecule has 1 saturated heterocycles. The summed E-state index contributed by atoms with van der Waals surface area (Å²) in [5, 5.41) is 27.0. The maximum absolute atomic E-state index is 12.7. The zero-order valence-corrected chi connectivity index (χ0v) is 19.0. The number of amides is 2. The molecule has 2 unspecified atom stereocenters. The van der Waals surface area contributed by atoms with Crippen LogP contribution >= 0.6 is 34.9 Å². The van der Waals surface area contributed by atoms with Crippen molar-refractivity contribution in [3.63, 3.8) is 0 Å². The number of nitrogens with one attached hydrogen (secondary N) is 1. The normalized spacial score (nSPS) is 22.0. The minimum atomic E-state index is -1.24. The molecular formula is C17H21N7O5S3. The number of nitrogens with two attached hydrogens (primary N) is 3. The van der Waals surface area contributed by atoms with E-state index in [0.29, 0.717) is 23.6 Å². The zero-order valence-electron chi connectivity index (χ0n) is 16.5. The lowest BCUT2D eigenvalue weighted by Gasteiger charge is -2.49. The monoisotopic (exact) mass is 499 g/mol. The molecular weight excluding hydrogens is 478 g/mol. The number of carboxylic acids is 1. The van der Waals surface area contributed by atoms with E-state index in [1.807, 2.05) is 0 Å². The van der Waals surface area contributed by atoms with Crippen LogP contribution in [0.4, 0.5) is 5.13 Å². The molecule has 12 nitrogen and oxygen atoms in total. The number of β-lactam (4-membered cyclic amide) rings is 1. The Kier molecular flexibility index (Phi) is 7.78. The van der Waals surface area contributed by atoms with Crippen molar-refractivity contribution in [2.24, 2.45) is 16.6 Å². The second-order valence-corrected chi connectivity index (χ2v) is 9.64. The molecule has 32 heavy (non-hydrogen) atoms. The van der Waals surface area contributed by atoms with Crippen LogP contribution in [-0.2, 0) is 14.4 Å². The van der Waals surface area contributed by atoms with Crippen LogP contribution in [-0.4, -0.2) is 73.4 Å². The number of aliphatic carboxylic acids is 1. The van der Waals surface area contributed by atoms with Crippen LogP contribution in [0.15, 0.2) is 32.6 Å². The summed E-state index contributed by atoms with van der Waals surface area (Å²) >= 11 is 3.55. The molecule has 2 aliphatic rings. The Morgan fingerprint density at radius 1 is 1.50 bits per heavy atom. The summed E-state index contributed by atoms with van der Waals surface area (Å²) in [6.45, 7) is 0.435. The lowest BCUT2D eigenvalue weighted by molar-refractivity contribution is -0.150. The molecule has 0 spiro atoms. The fourth-order valence-corrected chi connectivity index (χ4v) is 5.97. The molecule has 2 amide bonds. The van der Waals surface area contributed by atoms with Gasteiger partial charge in [-0.3, -0.25) is 14.5 Å². The summed E-state index contributed by atoms with van der Waals surface area (Å²) < 4.78 is 0. The van der Waals surface area contributed by atoms with Gasteiger partial charge in [0.15, 0.2) is 10.8 Å². The third-order valence-corrected chi connectivity index (χ3v) is 7.59. The van der Waals surface area contributed by atoms with Gasteiger partial charge in [-0.1, -0.05) is 23.0 Å². The highest BCUT2D eigenvalue weighted by Crippen LogP contribution is 2.43. The number of carboxylic acid groups (broad SMARTS) is 1. The number of nitrogen functional groups attached to an aromatic ring is 1. The molecule has 15 heteroatoms. The summed E-state index contributed by atoms with van der Waals surface area (Å²) in [5.41, 5.74) is 16.4. The molecule has 3 heterocycles. The van der Waals surface area contributed by atoms with Gasteiger partial charge in [-0.25, -0.2) is 9.78 Å². The number of nitrogens with zero attached hydrogens (tertiary/aromatic N) is 3. The SMILES string of the molecule is NCCC(N)/C=C\SC1=C(C(=O)O)N2C(=O)C(NC(=O)/C(=N\O)c3csc(N)n3)[C@H]2SC1. The highest BCUT2D eigenvalue weighted by molar-refractivity contribution is 8.08. The van der Waals surface area contributed by atoms with E-state index in [1.165, 1.54) is 28.9 Å². The van der Waals surface area contributed by atoms with Crippen LogP contribution in [0.5, 0.6) is 0 Å². The van der Waals surface area contributed by atoms with E-state index >= 15 is 0 Å². The van der Waals surface area contributed by atoms with Crippen LogP contribution in [0.1, 0.15) is 12.1 Å². The summed E-state index contributed by atoms with van der Waals surface area (Å²) in [6.07, 6.45) is 2.32. The average Bonchev–Trinajstić information content (AvgIpc) is 3.17. The number of oxime groups is 1. The van der Waals surface area contributed by atoms with E-state index < -0.39 is 34.9 Å². The van der Waals surface area contributed by atoms with Gasteiger partial charge in [-0.2, -0.15) is 0 Å². The first-order chi connectivity index (χ1) is 15.3. The molecule has 1 fully saturated rings. The Morgan fingerprint density at radius 3 is 2.84 bits per heavy atom. The number of thiazole rings is 1. The van der Waals surface area contributed by atoms with Gasteiger partial charge >= 0.3 is 5.97 Å². The largest absolute Gasteiger partial charge is 0.477 e. The van der Waals surface area contributed by atoms with E-state index in [4.69, 9.17) is 17.2 Å². The van der Waals surface area contributed by atoms with Crippen molar-refractivity contribution >= 4 is 63.5 Å². The van der Waals surface area contributed by atoms with Crippen LogP contribution in [0.25, 0.3) is 0 Å². The Labute approximate surface area is 195 Å². The number of aromatic nitrogens is 1. The first-order valence-electron chi connectivity index (χ1n) is 9.22. The van der Waals surface area contributed by atoms with Gasteiger partial charge in [-0.05, 0) is 18.4 Å². The number of rotatable bonds is 9. The minimum Gasteiger partial charge on any atom is -0.477 e. The number of thioether (sulfide) groups is 2. The molecule has 0 bridgehead atoms. The van der Waals surface area contributed by atoms with Crippen LogP contribution in [0.3, 0.4) is 0 Å². The lowest BCUT2D eigenvalue weighted by Crippen LogP contribution is -2.71. The number of carbonyl (C=O) groups is 3. The number of anilines is 1. The molecule has 1 aromatic heterocycles. The topological polar surface area (TPSA) is 210 Å². The van der Waals surface area contributed by atoms with E-state index in [9.17, 15) is 24.7 Å². The fraction of sp³-hybridized carbons (Fsp3) is 0.353. The first kappa shape index (κ1) is 24.1. The third-order valence-electron chi connectivity index (χ3n) is 4.54. The highest BCUT2D eigenvalue weighted by Gasteiger charge is 2.54. The van der Waals surface area contributed by atoms with E-state index in [0.717, 1.165) is 16.2 Å². The number of fused-ring (bicyclic) bond motifs is 1. The van der Waals surface area contributed by atoms with Crippen molar-refractivity contribution in [1.82, 2.24) is 15.2 Å². The predicted octanol–water partition coefficient (Wildman–Crippen LogP) is -0.477. The Bertz CT molecular complexity index is 1010. The summed E-state index contributed by atoms with van der Waals surface area (Å²) in [7, 11) is 0. The number of carbonyl (C=O) groups excluding carboxylic acids is 2. The van der Waals surface area contributed by atoms with E-state index in [2.05, 4.69) is 15.5 Å². The second kappa shape index (κ2) is 10.4. The summed E-state index contributed by atoms with van der Waals surface area (Å²) in [6, 6.07) is -1.22. The standard InChI is InChI=1S/C17H21N7O5S3/c18-3-1-7(19)2-4-30-9-6-31-15-11(14(26)24(15)12(9)16(27)28)22-13(25)10(23-29)8-5-32-17(20)21-8/h2,4-5,7,11,15,29H,1,3,6,18-19H2,(H2,20,21)(H,22,25)(H,27,28)/b4-2-,23-10-/t7?,11?,15-/m1/s1. The second-order valence-electron chi connectivity index (χ2n) is 6.65. The van der Waals surface area contributed by atoms with Crippen molar-refractivity contribution in [1.29, 1.82) is 0 Å². The van der Waals surface area contributed by atoms with Gasteiger partial charge in [-0.15, -0.1) is 23.1 Å². The van der Waals surface area contributed by atoms with Gasteiger partial charge in [0, 0.05) is 22.1 Å². The molecule has 0 aliphatic carbocycles. The molecule has 3 rings (SSSR count). The molecule has 172 valence electrons. The minimum absolute atomic E-state index is 0.0665. The Hall–Kier alpha value is -2.59. The van der Waals surface area contributed by atoms with Gasteiger partial charge in [0.25, 0.3) is 11.8 Å². The van der Waals surface area contributed by atoms with E-state index in [1.54, 1.807) is 11.5 Å². The molecule has 3 atom stereocenters. The van der Waals surface area contributed by atoms with Crippen molar-refractivity contribution in [3.8, 4) is 0 Å². The predicted molar refractivity (Wildman–Crippen MR) is 123 cm³/mol.